The van der Waals surface area contributed by atoms with Gasteiger partial charge < -0.3 is 24.6 Å². The zero-order chi connectivity index (χ0) is 20.0. The van der Waals surface area contributed by atoms with Crippen LogP contribution >= 0.6 is 11.8 Å². The Kier molecular flexibility index (Phi) is 6.95. The van der Waals surface area contributed by atoms with E-state index in [4.69, 9.17) is 19.3 Å². The minimum atomic E-state index is -0.945. The Morgan fingerprint density at radius 1 is 1.04 bits per heavy atom. The summed E-state index contributed by atoms with van der Waals surface area (Å²) in [5.41, 5.74) is 0.838. The number of hydrogen-bond acceptors (Lipinski definition) is 6. The van der Waals surface area contributed by atoms with E-state index in [1.165, 1.54) is 21.3 Å². The predicted molar refractivity (Wildman–Crippen MR) is 103 cm³/mol. The van der Waals surface area contributed by atoms with E-state index in [-0.39, 0.29) is 5.91 Å². The third-order valence-corrected chi connectivity index (χ3v) is 4.87. The summed E-state index contributed by atoms with van der Waals surface area (Å²) in [6.45, 7) is 1.57. The molecule has 0 spiro atoms. The number of rotatable bonds is 8. The Bertz CT molecular complexity index is 814. The summed E-state index contributed by atoms with van der Waals surface area (Å²) >= 11 is 1.11. The second-order valence-corrected chi connectivity index (χ2v) is 6.85. The zero-order valence-electron chi connectivity index (χ0n) is 15.4. The van der Waals surface area contributed by atoms with E-state index in [1.807, 2.05) is 0 Å². The van der Waals surface area contributed by atoms with Crippen molar-refractivity contribution < 1.29 is 28.9 Å². The molecule has 0 aromatic heterocycles. The lowest BCUT2D eigenvalue weighted by molar-refractivity contribution is -0.136. The van der Waals surface area contributed by atoms with Crippen LogP contribution in [0.2, 0.25) is 0 Å². The molecule has 1 atom stereocenters. The van der Waals surface area contributed by atoms with Crippen LogP contribution in [-0.2, 0) is 4.79 Å². The molecule has 0 aliphatic heterocycles. The average Bonchev–Trinajstić information content (AvgIpc) is 2.67. The molecule has 0 bridgehead atoms. The summed E-state index contributed by atoms with van der Waals surface area (Å²) in [5, 5.41) is 11.2. The number of nitrogens with one attached hydrogen (secondary N) is 1. The van der Waals surface area contributed by atoms with Gasteiger partial charge >= 0.3 is 5.97 Å². The number of ether oxygens (including phenoxy) is 3. The molecule has 144 valence electrons. The third-order valence-electron chi connectivity index (χ3n) is 3.71. The van der Waals surface area contributed by atoms with Crippen molar-refractivity contribution in [3.05, 3.63) is 42.0 Å². The molecule has 0 aliphatic carbocycles. The average molecular weight is 391 g/mol. The summed E-state index contributed by atoms with van der Waals surface area (Å²) in [5.74, 6) is -0.0716. The molecule has 0 radical (unpaired) electrons. The van der Waals surface area contributed by atoms with Crippen LogP contribution in [-0.4, -0.2) is 43.6 Å². The van der Waals surface area contributed by atoms with Crippen LogP contribution in [0.4, 0.5) is 5.69 Å². The smallest absolute Gasteiger partial charge is 0.316 e. The van der Waals surface area contributed by atoms with Crippen molar-refractivity contribution in [2.75, 3.05) is 26.6 Å². The van der Waals surface area contributed by atoms with Gasteiger partial charge in [-0.05, 0) is 19.1 Å². The first-order chi connectivity index (χ1) is 12.9. The Hall–Kier alpha value is -2.87. The number of carboxylic acids is 1. The van der Waals surface area contributed by atoms with Crippen LogP contribution in [0.5, 0.6) is 17.2 Å². The lowest BCUT2D eigenvalue weighted by atomic mass is 10.2. The van der Waals surface area contributed by atoms with Crippen molar-refractivity contribution in [1.82, 2.24) is 0 Å². The molecule has 2 aromatic carbocycles. The summed E-state index contributed by atoms with van der Waals surface area (Å²) < 4.78 is 15.8. The Labute approximate surface area is 161 Å². The molecule has 0 heterocycles. The fourth-order valence-corrected chi connectivity index (χ4v) is 3.28. The van der Waals surface area contributed by atoms with Gasteiger partial charge in [-0.1, -0.05) is 12.1 Å². The molecule has 27 heavy (non-hydrogen) atoms. The minimum Gasteiger partial charge on any atom is -0.493 e. The quantitative estimate of drug-likeness (QED) is 0.665. The van der Waals surface area contributed by atoms with Gasteiger partial charge in [-0.15, -0.1) is 11.8 Å². The maximum atomic E-state index is 12.8. The number of benzene rings is 2. The SMILES string of the molecule is COc1cc(NC(=O)c2ccccc2SC(C)C(=O)O)cc(OC)c1OC. The molecular weight excluding hydrogens is 370 g/mol. The molecule has 2 N–H and O–H groups in total. The first-order valence-corrected chi connectivity index (χ1v) is 8.89. The van der Waals surface area contributed by atoms with Gasteiger partial charge in [0, 0.05) is 22.7 Å². The van der Waals surface area contributed by atoms with Crippen molar-refractivity contribution in [2.24, 2.45) is 0 Å². The van der Waals surface area contributed by atoms with E-state index in [1.54, 1.807) is 43.3 Å². The highest BCUT2D eigenvalue weighted by Crippen LogP contribution is 2.40. The van der Waals surface area contributed by atoms with Crippen LogP contribution in [0.25, 0.3) is 0 Å². The van der Waals surface area contributed by atoms with Gasteiger partial charge in [-0.3, -0.25) is 9.59 Å². The molecule has 7 nitrogen and oxygen atoms in total. The third kappa shape index (κ3) is 4.85. The largest absolute Gasteiger partial charge is 0.493 e. The Morgan fingerprint density at radius 3 is 2.15 bits per heavy atom. The highest BCUT2D eigenvalue weighted by molar-refractivity contribution is 8.00. The van der Waals surface area contributed by atoms with Crippen molar-refractivity contribution in [3.8, 4) is 17.2 Å². The van der Waals surface area contributed by atoms with Crippen LogP contribution in [0.15, 0.2) is 41.3 Å². The van der Waals surface area contributed by atoms with E-state index >= 15 is 0 Å². The number of thioether (sulfide) groups is 1. The number of carbonyl (C=O) groups excluding carboxylic acids is 1. The molecule has 1 unspecified atom stereocenters. The highest BCUT2D eigenvalue weighted by Gasteiger charge is 2.19. The van der Waals surface area contributed by atoms with E-state index in [0.717, 1.165) is 11.8 Å². The number of hydrogen-bond donors (Lipinski definition) is 2. The first-order valence-electron chi connectivity index (χ1n) is 8.01. The van der Waals surface area contributed by atoms with E-state index < -0.39 is 11.2 Å². The normalized spacial score (nSPS) is 11.4. The highest BCUT2D eigenvalue weighted by atomic mass is 32.2. The van der Waals surface area contributed by atoms with E-state index in [2.05, 4.69) is 5.32 Å². The molecule has 0 saturated carbocycles. The zero-order valence-corrected chi connectivity index (χ0v) is 16.3. The van der Waals surface area contributed by atoms with E-state index in [0.29, 0.717) is 33.4 Å². The van der Waals surface area contributed by atoms with Crippen LogP contribution in [0, 0.1) is 0 Å². The predicted octanol–water partition coefficient (Wildman–Crippen LogP) is 3.53. The van der Waals surface area contributed by atoms with Gasteiger partial charge in [0.2, 0.25) is 5.75 Å². The molecule has 0 fully saturated rings. The lowest BCUT2D eigenvalue weighted by Crippen LogP contribution is -2.16. The number of amides is 1. The molecule has 0 saturated heterocycles. The van der Waals surface area contributed by atoms with Crippen LogP contribution in [0.1, 0.15) is 17.3 Å². The van der Waals surface area contributed by atoms with Crippen molar-refractivity contribution >= 4 is 29.3 Å². The second kappa shape index (κ2) is 9.18. The number of carboxylic acid groups (broad SMARTS) is 1. The first kappa shape index (κ1) is 20.4. The lowest BCUT2D eigenvalue weighted by Gasteiger charge is -2.15. The fourth-order valence-electron chi connectivity index (χ4n) is 2.35. The maximum absolute atomic E-state index is 12.8. The minimum absolute atomic E-state index is 0.370. The van der Waals surface area contributed by atoms with Gasteiger partial charge in [0.1, 0.15) is 5.25 Å². The monoisotopic (exact) mass is 391 g/mol. The second-order valence-electron chi connectivity index (χ2n) is 5.46. The van der Waals surface area contributed by atoms with Gasteiger partial charge in [-0.2, -0.15) is 0 Å². The van der Waals surface area contributed by atoms with Crippen LogP contribution < -0.4 is 19.5 Å². The van der Waals surface area contributed by atoms with Crippen molar-refractivity contribution in [3.63, 3.8) is 0 Å². The topological polar surface area (TPSA) is 94.1 Å². The molecule has 2 rings (SSSR count). The summed E-state index contributed by atoms with van der Waals surface area (Å²) in [6.07, 6.45) is 0. The van der Waals surface area contributed by atoms with Crippen molar-refractivity contribution in [2.45, 2.75) is 17.1 Å². The molecule has 8 heteroatoms. The van der Waals surface area contributed by atoms with Gasteiger partial charge in [0.25, 0.3) is 5.91 Å². The molecular formula is C19H21NO6S. The number of anilines is 1. The Balaban J connectivity index is 2.32. The maximum Gasteiger partial charge on any atom is 0.316 e. The molecule has 2 aromatic rings. The van der Waals surface area contributed by atoms with E-state index in [9.17, 15) is 9.59 Å². The molecule has 0 aliphatic rings. The number of aliphatic carboxylic acids is 1. The number of carbonyl (C=O) groups is 2. The van der Waals surface area contributed by atoms with Gasteiger partial charge in [0.05, 0.1) is 26.9 Å². The summed E-state index contributed by atoms with van der Waals surface area (Å²) in [4.78, 5) is 24.5. The van der Waals surface area contributed by atoms with Crippen molar-refractivity contribution in [1.29, 1.82) is 0 Å². The fraction of sp³-hybridized carbons (Fsp3) is 0.263. The van der Waals surface area contributed by atoms with Gasteiger partial charge in [0.15, 0.2) is 11.5 Å². The number of methoxy groups -OCH3 is 3. The Morgan fingerprint density at radius 2 is 1.63 bits per heavy atom. The van der Waals surface area contributed by atoms with Crippen LogP contribution in [0.3, 0.4) is 0 Å². The van der Waals surface area contributed by atoms with Gasteiger partial charge in [-0.25, -0.2) is 0 Å². The molecule has 1 amide bonds. The summed E-state index contributed by atoms with van der Waals surface area (Å²) in [6, 6.07) is 10.1. The standard InChI is InChI=1S/C19H21NO6S/c1-11(19(22)23)27-16-8-6-5-7-13(16)18(21)20-12-9-14(24-2)17(26-4)15(10-12)25-3/h5-11H,1-4H3,(H,20,21)(H,22,23). The summed E-state index contributed by atoms with van der Waals surface area (Å²) in [7, 11) is 4.47.